The summed E-state index contributed by atoms with van der Waals surface area (Å²) in [6.45, 7) is 4.86. The van der Waals surface area contributed by atoms with Crippen molar-refractivity contribution in [2.45, 2.75) is 289 Å². The van der Waals surface area contributed by atoms with Gasteiger partial charge in [-0.1, -0.05) is 231 Å². The van der Waals surface area contributed by atoms with Crippen molar-refractivity contribution >= 4 is 11.9 Å². The lowest BCUT2D eigenvalue weighted by molar-refractivity contribution is -0.143. The molecule has 0 saturated heterocycles. The Morgan fingerprint density at radius 3 is 1.22 bits per heavy atom. The molecule has 348 valence electrons. The minimum atomic E-state index is -0.861. The molecule has 0 fully saturated rings. The van der Waals surface area contributed by atoms with Crippen LogP contribution >= 0.6 is 0 Å². The molecule has 0 rings (SSSR count). The normalized spacial score (nSPS) is 12.8. The molecule has 2 unspecified atom stereocenters. The van der Waals surface area contributed by atoms with Crippen LogP contribution in [0.3, 0.4) is 0 Å². The van der Waals surface area contributed by atoms with Crippen LogP contribution in [0.1, 0.15) is 277 Å². The van der Waals surface area contributed by atoms with E-state index >= 15 is 0 Å². The van der Waals surface area contributed by atoms with Crippen molar-refractivity contribution in [2.24, 2.45) is 0 Å². The topological polar surface area (TPSA) is 95.9 Å². The largest absolute Gasteiger partial charge is 0.466 e. The van der Waals surface area contributed by atoms with Crippen LogP contribution in [0.4, 0.5) is 0 Å². The first-order chi connectivity index (χ1) is 29.0. The summed E-state index contributed by atoms with van der Waals surface area (Å²) in [6.07, 6.45) is 57.5. The molecule has 0 radical (unpaired) electrons. The van der Waals surface area contributed by atoms with Gasteiger partial charge in [0.25, 0.3) is 0 Å². The van der Waals surface area contributed by atoms with Crippen molar-refractivity contribution in [1.29, 1.82) is 0 Å². The van der Waals surface area contributed by atoms with Gasteiger partial charge in [-0.2, -0.15) is 0 Å². The first-order valence-electron chi connectivity index (χ1n) is 26.1. The molecule has 0 saturated carbocycles. The SMILES string of the molecule is CCCCCCCCCCCCCCCCC/C=C/C(O)C(CO)NC(=O)CCCCC/C=C\CCCCCCCCOC(=O)CCCCCCCCCCCCCC. The van der Waals surface area contributed by atoms with E-state index in [0.717, 1.165) is 70.6 Å². The third kappa shape index (κ3) is 45.7. The summed E-state index contributed by atoms with van der Waals surface area (Å²) in [5, 5.41) is 23.1. The van der Waals surface area contributed by atoms with Crippen LogP contribution in [0.15, 0.2) is 24.3 Å². The zero-order valence-corrected chi connectivity index (χ0v) is 39.5. The van der Waals surface area contributed by atoms with Crippen LogP contribution in [0, 0.1) is 0 Å². The molecule has 2 atom stereocenters. The number of aliphatic hydroxyl groups excluding tert-OH is 2. The number of ether oxygens (including phenoxy) is 1. The number of hydrogen-bond acceptors (Lipinski definition) is 5. The van der Waals surface area contributed by atoms with Gasteiger partial charge in [-0.15, -0.1) is 0 Å². The van der Waals surface area contributed by atoms with Crippen molar-refractivity contribution < 1.29 is 24.5 Å². The molecule has 0 aromatic heterocycles. The average molecular weight is 832 g/mol. The number of hydrogen-bond donors (Lipinski definition) is 3. The predicted molar refractivity (Wildman–Crippen MR) is 255 cm³/mol. The van der Waals surface area contributed by atoms with Gasteiger partial charge in [0.2, 0.25) is 5.91 Å². The minimum absolute atomic E-state index is 0.0135. The lowest BCUT2D eigenvalue weighted by Crippen LogP contribution is -2.45. The first-order valence-corrected chi connectivity index (χ1v) is 26.1. The minimum Gasteiger partial charge on any atom is -0.466 e. The van der Waals surface area contributed by atoms with Gasteiger partial charge < -0.3 is 20.3 Å². The lowest BCUT2D eigenvalue weighted by atomic mass is 10.0. The molecular formula is C53H101NO5. The summed E-state index contributed by atoms with van der Waals surface area (Å²) in [4.78, 5) is 24.4. The monoisotopic (exact) mass is 832 g/mol. The molecule has 0 aliphatic carbocycles. The predicted octanol–water partition coefficient (Wildman–Crippen LogP) is 15.5. The van der Waals surface area contributed by atoms with E-state index in [-0.39, 0.29) is 18.5 Å². The molecule has 0 bridgehead atoms. The van der Waals surface area contributed by atoms with Crippen molar-refractivity contribution in [3.05, 3.63) is 24.3 Å². The number of allylic oxidation sites excluding steroid dienone is 3. The number of carbonyl (C=O) groups is 2. The molecule has 6 nitrogen and oxygen atoms in total. The van der Waals surface area contributed by atoms with Crippen molar-refractivity contribution in [2.75, 3.05) is 13.2 Å². The van der Waals surface area contributed by atoms with Crippen molar-refractivity contribution in [1.82, 2.24) is 5.32 Å². The zero-order valence-electron chi connectivity index (χ0n) is 39.5. The Balaban J connectivity index is 3.54. The van der Waals surface area contributed by atoms with Gasteiger partial charge in [0.1, 0.15) is 0 Å². The maximum Gasteiger partial charge on any atom is 0.305 e. The number of amides is 1. The Bertz CT molecular complexity index is 920. The Hall–Kier alpha value is -1.66. The molecule has 1 amide bonds. The van der Waals surface area contributed by atoms with Crippen LogP contribution < -0.4 is 5.32 Å². The standard InChI is InChI=1S/C53H101NO5/c1-3-5-7-9-11-13-15-17-18-19-20-22-25-29-33-37-41-45-51(56)50(49-55)54-52(57)46-42-38-34-30-26-23-21-24-28-32-36-40-44-48-59-53(58)47-43-39-35-31-27-16-14-12-10-8-6-4-2/h23,26,41,45,50-51,55-56H,3-22,24-25,27-40,42-44,46-49H2,1-2H3,(H,54,57)/b26-23-,45-41+. The second-order valence-electron chi connectivity index (χ2n) is 17.9. The van der Waals surface area contributed by atoms with E-state index in [1.54, 1.807) is 6.08 Å². The Kier molecular flexibility index (Phi) is 47.6. The number of carbonyl (C=O) groups excluding carboxylic acids is 2. The van der Waals surface area contributed by atoms with Gasteiger partial charge in [0.05, 0.1) is 25.4 Å². The second kappa shape index (κ2) is 49.0. The van der Waals surface area contributed by atoms with E-state index in [1.807, 2.05) is 6.08 Å². The van der Waals surface area contributed by atoms with Crippen molar-refractivity contribution in [3.63, 3.8) is 0 Å². The van der Waals surface area contributed by atoms with Crippen molar-refractivity contribution in [3.8, 4) is 0 Å². The lowest BCUT2D eigenvalue weighted by Gasteiger charge is -2.19. The molecule has 59 heavy (non-hydrogen) atoms. The van der Waals surface area contributed by atoms with Gasteiger partial charge in [-0.3, -0.25) is 9.59 Å². The van der Waals surface area contributed by atoms with Crippen LogP contribution in [0.2, 0.25) is 0 Å². The molecule has 0 spiro atoms. The van der Waals surface area contributed by atoms with Gasteiger partial charge in [-0.25, -0.2) is 0 Å². The fraction of sp³-hybridized carbons (Fsp3) is 0.887. The van der Waals surface area contributed by atoms with Crippen LogP contribution in [0.25, 0.3) is 0 Å². The van der Waals surface area contributed by atoms with Crippen LogP contribution in [-0.4, -0.2) is 47.4 Å². The quantitative estimate of drug-likeness (QED) is 0.0322. The molecule has 0 aliphatic rings. The van der Waals surface area contributed by atoms with E-state index in [9.17, 15) is 19.8 Å². The van der Waals surface area contributed by atoms with Gasteiger partial charge in [-0.05, 0) is 57.8 Å². The molecule has 0 aliphatic heterocycles. The van der Waals surface area contributed by atoms with Gasteiger partial charge in [0.15, 0.2) is 0 Å². The van der Waals surface area contributed by atoms with Crippen LogP contribution in [-0.2, 0) is 14.3 Å². The highest BCUT2D eigenvalue weighted by atomic mass is 16.5. The molecule has 6 heteroatoms. The number of esters is 1. The highest BCUT2D eigenvalue weighted by molar-refractivity contribution is 5.76. The van der Waals surface area contributed by atoms with E-state index in [2.05, 4.69) is 31.3 Å². The maximum atomic E-state index is 12.4. The Morgan fingerprint density at radius 1 is 0.458 bits per heavy atom. The molecule has 0 aromatic carbocycles. The Labute approximate surface area is 367 Å². The van der Waals surface area contributed by atoms with Crippen LogP contribution in [0.5, 0.6) is 0 Å². The first kappa shape index (κ1) is 57.3. The summed E-state index contributed by atoms with van der Waals surface area (Å²) in [6, 6.07) is -0.647. The fourth-order valence-electron chi connectivity index (χ4n) is 7.92. The number of rotatable bonds is 48. The van der Waals surface area contributed by atoms with E-state index in [1.165, 1.54) is 180 Å². The molecule has 0 aromatic rings. The number of aliphatic hydroxyl groups is 2. The highest BCUT2D eigenvalue weighted by Crippen LogP contribution is 2.16. The average Bonchev–Trinajstić information content (AvgIpc) is 3.24. The fourth-order valence-corrected chi connectivity index (χ4v) is 7.92. The van der Waals surface area contributed by atoms with Gasteiger partial charge in [0, 0.05) is 12.8 Å². The molecule has 0 heterocycles. The molecular weight excluding hydrogens is 731 g/mol. The summed E-state index contributed by atoms with van der Waals surface area (Å²) in [7, 11) is 0. The third-order valence-electron chi connectivity index (χ3n) is 12.0. The number of nitrogens with one attached hydrogen (secondary N) is 1. The second-order valence-corrected chi connectivity index (χ2v) is 17.9. The summed E-state index contributed by atoms with van der Waals surface area (Å²) < 4.78 is 5.44. The smallest absolute Gasteiger partial charge is 0.305 e. The summed E-state index contributed by atoms with van der Waals surface area (Å²) >= 11 is 0. The van der Waals surface area contributed by atoms with E-state index < -0.39 is 12.1 Å². The highest BCUT2D eigenvalue weighted by Gasteiger charge is 2.18. The van der Waals surface area contributed by atoms with Gasteiger partial charge >= 0.3 is 5.97 Å². The van der Waals surface area contributed by atoms with E-state index in [4.69, 9.17) is 4.74 Å². The zero-order chi connectivity index (χ0) is 43.0. The third-order valence-corrected chi connectivity index (χ3v) is 12.0. The number of unbranched alkanes of at least 4 members (excludes halogenated alkanes) is 35. The van der Waals surface area contributed by atoms with E-state index in [0.29, 0.717) is 19.4 Å². The molecule has 3 N–H and O–H groups in total. The Morgan fingerprint density at radius 2 is 0.797 bits per heavy atom. The summed E-state index contributed by atoms with van der Waals surface area (Å²) in [5.74, 6) is -0.110. The maximum absolute atomic E-state index is 12.4. The summed E-state index contributed by atoms with van der Waals surface area (Å²) in [5.41, 5.74) is 0.